The van der Waals surface area contributed by atoms with Gasteiger partial charge < -0.3 is 9.84 Å². The van der Waals surface area contributed by atoms with Gasteiger partial charge in [0.25, 0.3) is 0 Å². The first-order valence-corrected chi connectivity index (χ1v) is 3.02. The van der Waals surface area contributed by atoms with E-state index in [1.807, 2.05) is 0 Å². The molecule has 4 nitrogen and oxygen atoms in total. The highest BCUT2D eigenvalue weighted by Gasteiger charge is 2.32. The fraction of sp³-hybridized carbons (Fsp3) is 0.667. The van der Waals surface area contributed by atoms with Gasteiger partial charge in [0.15, 0.2) is 6.10 Å². The average molecular weight is 144 g/mol. The van der Waals surface area contributed by atoms with Gasteiger partial charge in [-0.3, -0.25) is 9.59 Å². The lowest BCUT2D eigenvalue weighted by Gasteiger charge is -2.20. The number of cyclic esters (lactones) is 1. The molecule has 0 aliphatic carbocycles. The zero-order valence-electron chi connectivity index (χ0n) is 5.53. The lowest BCUT2D eigenvalue weighted by molar-refractivity contribution is -0.167. The van der Waals surface area contributed by atoms with Gasteiger partial charge in [0.2, 0.25) is 5.78 Å². The maximum absolute atomic E-state index is 10.7. The Hall–Kier alpha value is -0.900. The topological polar surface area (TPSA) is 63.6 Å². The minimum atomic E-state index is -1.16. The Labute approximate surface area is 57.8 Å². The summed E-state index contributed by atoms with van der Waals surface area (Å²) < 4.78 is 4.52. The Bertz CT molecular complexity index is 159. The number of aliphatic hydroxyl groups excluding tert-OH is 1. The third-order valence-corrected chi connectivity index (χ3v) is 1.40. The van der Waals surface area contributed by atoms with Crippen molar-refractivity contribution in [1.29, 1.82) is 0 Å². The molecule has 1 aliphatic heterocycles. The lowest BCUT2D eigenvalue weighted by atomic mass is 10.1. The third kappa shape index (κ3) is 1.16. The van der Waals surface area contributed by atoms with Crippen LogP contribution in [0.5, 0.6) is 0 Å². The number of hydrogen-bond donors (Lipinski definition) is 1. The second-order valence-electron chi connectivity index (χ2n) is 2.25. The second-order valence-corrected chi connectivity index (χ2v) is 2.25. The summed E-state index contributed by atoms with van der Waals surface area (Å²) in [5.74, 6) is -0.931. The molecular weight excluding hydrogens is 136 g/mol. The molecule has 0 bridgehead atoms. The van der Waals surface area contributed by atoms with E-state index < -0.39 is 24.0 Å². The normalized spacial score (nSPS) is 33.8. The molecule has 10 heavy (non-hydrogen) atoms. The maximum atomic E-state index is 10.7. The van der Waals surface area contributed by atoms with E-state index in [2.05, 4.69) is 4.74 Å². The summed E-state index contributed by atoms with van der Waals surface area (Å²) in [6.45, 7) is 1.45. The molecule has 2 atom stereocenters. The van der Waals surface area contributed by atoms with Crippen LogP contribution in [0.4, 0.5) is 0 Å². The predicted molar refractivity (Wildman–Crippen MR) is 31.2 cm³/mol. The van der Waals surface area contributed by atoms with Gasteiger partial charge in [0, 0.05) is 0 Å². The van der Waals surface area contributed by atoms with Gasteiger partial charge in [0.05, 0.1) is 6.42 Å². The van der Waals surface area contributed by atoms with E-state index in [0.29, 0.717) is 0 Å². The van der Waals surface area contributed by atoms with E-state index >= 15 is 0 Å². The van der Waals surface area contributed by atoms with Gasteiger partial charge in [-0.15, -0.1) is 0 Å². The van der Waals surface area contributed by atoms with E-state index in [0.717, 1.165) is 0 Å². The summed E-state index contributed by atoms with van der Waals surface area (Å²) >= 11 is 0. The number of rotatable bonds is 0. The smallest absolute Gasteiger partial charge is 0.309 e. The summed E-state index contributed by atoms with van der Waals surface area (Å²) in [5, 5.41) is 8.87. The molecule has 0 spiro atoms. The standard InChI is InChI=1S/C6H8O4/c1-3-6(9)4(7)2-5(8)10-3/h3-4,7H,2H2,1H3/t3-,4+/m0/s1. The van der Waals surface area contributed by atoms with Gasteiger partial charge in [0.1, 0.15) is 6.10 Å². The van der Waals surface area contributed by atoms with Crippen molar-refractivity contribution in [3.05, 3.63) is 0 Å². The fourth-order valence-electron chi connectivity index (χ4n) is 0.833. The predicted octanol–water partition coefficient (Wildman–Crippen LogP) is -0.748. The van der Waals surface area contributed by atoms with E-state index in [-0.39, 0.29) is 6.42 Å². The summed E-state index contributed by atoms with van der Waals surface area (Å²) in [4.78, 5) is 21.2. The molecule has 0 unspecified atom stereocenters. The zero-order chi connectivity index (χ0) is 7.72. The van der Waals surface area contributed by atoms with Crippen LogP contribution in [0.25, 0.3) is 0 Å². The van der Waals surface area contributed by atoms with Crippen molar-refractivity contribution in [3.63, 3.8) is 0 Å². The largest absolute Gasteiger partial charge is 0.454 e. The molecule has 1 heterocycles. The molecule has 1 fully saturated rings. The SMILES string of the molecule is C[C@@H]1OC(=O)C[C@@H](O)C1=O. The van der Waals surface area contributed by atoms with Crippen molar-refractivity contribution in [2.75, 3.05) is 0 Å². The van der Waals surface area contributed by atoms with Crippen molar-refractivity contribution in [2.24, 2.45) is 0 Å². The number of ether oxygens (including phenoxy) is 1. The maximum Gasteiger partial charge on any atom is 0.309 e. The Morgan fingerprint density at radius 1 is 1.60 bits per heavy atom. The number of aliphatic hydroxyl groups is 1. The Balaban J connectivity index is 2.66. The molecular formula is C6H8O4. The van der Waals surface area contributed by atoms with Crippen LogP contribution in [0.2, 0.25) is 0 Å². The number of hydrogen-bond acceptors (Lipinski definition) is 4. The third-order valence-electron chi connectivity index (χ3n) is 1.40. The molecule has 0 aromatic carbocycles. The molecule has 0 aromatic rings. The summed E-state index contributed by atoms with van der Waals surface area (Å²) in [5.41, 5.74) is 0. The zero-order valence-corrected chi connectivity index (χ0v) is 5.53. The first-order chi connectivity index (χ1) is 4.61. The first kappa shape index (κ1) is 7.21. The van der Waals surface area contributed by atoms with Crippen molar-refractivity contribution in [3.8, 4) is 0 Å². The highest BCUT2D eigenvalue weighted by Crippen LogP contribution is 2.10. The van der Waals surface area contributed by atoms with Gasteiger partial charge in [-0.05, 0) is 6.92 Å². The highest BCUT2D eigenvalue weighted by molar-refractivity contribution is 5.94. The minimum absolute atomic E-state index is 0.205. The van der Waals surface area contributed by atoms with Crippen molar-refractivity contribution in [2.45, 2.75) is 25.6 Å². The molecule has 1 saturated heterocycles. The number of esters is 1. The number of carbonyl (C=O) groups is 2. The first-order valence-electron chi connectivity index (χ1n) is 3.02. The number of carbonyl (C=O) groups excluding carboxylic acids is 2. The van der Waals surface area contributed by atoms with Gasteiger partial charge >= 0.3 is 5.97 Å². The van der Waals surface area contributed by atoms with Crippen LogP contribution >= 0.6 is 0 Å². The molecule has 1 rings (SSSR count). The molecule has 1 N–H and O–H groups in total. The minimum Gasteiger partial charge on any atom is -0.454 e. The Morgan fingerprint density at radius 2 is 2.20 bits per heavy atom. The molecule has 56 valence electrons. The number of Topliss-reactive ketones (excluding diaryl/α,β-unsaturated/α-hetero) is 1. The molecule has 0 aromatic heterocycles. The van der Waals surface area contributed by atoms with Crippen LogP contribution in [0, 0.1) is 0 Å². The summed E-state index contributed by atoms with van der Waals surface area (Å²) in [6.07, 6.45) is -2.14. The van der Waals surface area contributed by atoms with E-state index in [4.69, 9.17) is 5.11 Å². The Morgan fingerprint density at radius 3 is 2.70 bits per heavy atom. The molecule has 0 radical (unpaired) electrons. The average Bonchev–Trinajstić information content (AvgIpc) is 1.82. The lowest BCUT2D eigenvalue weighted by Crippen LogP contribution is -2.40. The monoisotopic (exact) mass is 144 g/mol. The van der Waals surface area contributed by atoms with Crippen LogP contribution in [-0.2, 0) is 14.3 Å². The van der Waals surface area contributed by atoms with Crippen molar-refractivity contribution in [1.82, 2.24) is 0 Å². The van der Waals surface area contributed by atoms with Crippen LogP contribution < -0.4 is 0 Å². The van der Waals surface area contributed by atoms with Crippen LogP contribution in [0.3, 0.4) is 0 Å². The van der Waals surface area contributed by atoms with Crippen LogP contribution in [0.1, 0.15) is 13.3 Å². The van der Waals surface area contributed by atoms with Crippen LogP contribution in [-0.4, -0.2) is 29.1 Å². The van der Waals surface area contributed by atoms with Gasteiger partial charge in [-0.1, -0.05) is 0 Å². The molecule has 0 saturated carbocycles. The van der Waals surface area contributed by atoms with E-state index in [1.165, 1.54) is 6.92 Å². The van der Waals surface area contributed by atoms with Crippen LogP contribution in [0.15, 0.2) is 0 Å². The van der Waals surface area contributed by atoms with Gasteiger partial charge in [-0.25, -0.2) is 0 Å². The fourth-order valence-corrected chi connectivity index (χ4v) is 0.833. The summed E-state index contributed by atoms with van der Waals surface area (Å²) in [6, 6.07) is 0. The highest BCUT2D eigenvalue weighted by atomic mass is 16.6. The van der Waals surface area contributed by atoms with E-state index in [1.54, 1.807) is 0 Å². The number of ketones is 1. The molecule has 4 heteroatoms. The molecule has 1 aliphatic rings. The van der Waals surface area contributed by atoms with Crippen molar-refractivity contribution < 1.29 is 19.4 Å². The molecule has 0 amide bonds. The second kappa shape index (κ2) is 2.38. The van der Waals surface area contributed by atoms with Crippen molar-refractivity contribution >= 4 is 11.8 Å². The van der Waals surface area contributed by atoms with E-state index in [9.17, 15) is 9.59 Å². The quantitative estimate of drug-likeness (QED) is 0.454. The Kier molecular flexibility index (Phi) is 1.72. The summed E-state index contributed by atoms with van der Waals surface area (Å²) in [7, 11) is 0. The van der Waals surface area contributed by atoms with Gasteiger partial charge in [-0.2, -0.15) is 0 Å².